The fraction of sp³-hybridized carbons (Fsp3) is 0.450. The third kappa shape index (κ3) is 6.63. The average molecular weight is 443 g/mol. The Morgan fingerprint density at radius 1 is 1.28 bits per heavy atom. The number of hydrogen-bond acceptors (Lipinski definition) is 5. The number of benzene rings is 1. The number of unbranched alkanes of at least 4 members (excludes halogenated alkanes) is 2. The lowest BCUT2D eigenvalue weighted by Gasteiger charge is -2.12. The Morgan fingerprint density at radius 3 is 2.45 bits per heavy atom. The molecule has 160 valence electrons. The lowest BCUT2D eigenvalue weighted by Crippen LogP contribution is -2.13. The maximum absolute atomic E-state index is 12.2. The Hall–Kier alpha value is -1.76. The number of nitrogens with two attached hydrogens (primary N) is 1. The maximum Gasteiger partial charge on any atom is 0.251 e. The molecule has 0 radical (unpaired) electrons. The highest BCUT2D eigenvalue weighted by Crippen LogP contribution is 2.36. The van der Waals surface area contributed by atoms with Crippen LogP contribution in [0.5, 0.6) is 0 Å². The van der Waals surface area contributed by atoms with Crippen molar-refractivity contribution < 1.29 is 24.9 Å². The molecular weight excluding hydrogens is 415 g/mol. The van der Waals surface area contributed by atoms with Gasteiger partial charge in [0.05, 0.1) is 5.56 Å². The summed E-state index contributed by atoms with van der Waals surface area (Å²) in [5.74, 6) is -0.440. The molecule has 1 heterocycles. The van der Waals surface area contributed by atoms with Gasteiger partial charge in [-0.3, -0.25) is 9.36 Å². The van der Waals surface area contributed by atoms with Crippen LogP contribution >= 0.6 is 20.1 Å². The molecule has 0 unspecified atom stereocenters. The molecule has 2 rings (SSSR count). The first-order valence-electron chi connectivity index (χ1n) is 9.36. The van der Waals surface area contributed by atoms with Crippen LogP contribution in [-0.4, -0.2) is 27.2 Å². The Labute approximate surface area is 177 Å². The van der Waals surface area contributed by atoms with E-state index < -0.39 is 5.91 Å². The molecule has 29 heavy (non-hydrogen) atoms. The van der Waals surface area contributed by atoms with E-state index in [1.165, 1.54) is 0 Å². The summed E-state index contributed by atoms with van der Waals surface area (Å²) in [6.45, 7) is 6.62. The smallest absolute Gasteiger partial charge is 0.251 e. The molecule has 2 aromatic rings. The molecule has 0 bridgehead atoms. The van der Waals surface area contributed by atoms with Gasteiger partial charge in [-0.1, -0.05) is 48.5 Å². The van der Waals surface area contributed by atoms with E-state index in [0.29, 0.717) is 23.3 Å². The van der Waals surface area contributed by atoms with E-state index in [1.807, 2.05) is 32.0 Å². The maximum atomic E-state index is 12.2. The number of aryl methyl sites for hydroxylation is 1. The number of rotatable bonds is 9. The first-order valence-corrected chi connectivity index (χ1v) is 10.7. The number of primary amides is 1. The lowest BCUT2D eigenvalue weighted by atomic mass is 9.96. The summed E-state index contributed by atoms with van der Waals surface area (Å²) >= 11 is 6.34. The lowest BCUT2D eigenvalue weighted by molar-refractivity contribution is -0.465. The van der Waals surface area contributed by atoms with E-state index >= 15 is 0 Å². The van der Waals surface area contributed by atoms with E-state index in [9.17, 15) is 9.36 Å². The summed E-state index contributed by atoms with van der Waals surface area (Å²) in [5, 5.41) is 16.2. The van der Waals surface area contributed by atoms with Crippen molar-refractivity contribution >= 4 is 26.0 Å². The topological polar surface area (TPSA) is 115 Å². The van der Waals surface area contributed by atoms with Gasteiger partial charge in [0.2, 0.25) is 0 Å². The summed E-state index contributed by atoms with van der Waals surface area (Å²) in [4.78, 5) is 12.2. The zero-order valence-electron chi connectivity index (χ0n) is 16.9. The molecule has 0 atom stereocenters. The van der Waals surface area contributed by atoms with E-state index in [-0.39, 0.29) is 8.46 Å². The quantitative estimate of drug-likeness (QED) is 0.205. The van der Waals surface area contributed by atoms with Gasteiger partial charge in [-0.15, -0.1) is 0 Å². The van der Waals surface area contributed by atoms with Gasteiger partial charge in [0.15, 0.2) is 8.46 Å². The van der Waals surface area contributed by atoms with Crippen molar-refractivity contribution in [1.29, 1.82) is 0 Å². The van der Waals surface area contributed by atoms with Crippen molar-refractivity contribution in [2.45, 2.75) is 53.0 Å². The standard InChI is InChI=1S/C20H26ClN2O2P.H2O3/c1-4-5-6-7-17-19(15-9-8-13(2)16(21)12-15)18(20(22)24)14(3)23(17)10-11-26-25;1-3-2/h8-9,12H,4-7,10-11H2,1-3H3,(H2,22,24);1-2H. The van der Waals surface area contributed by atoms with Crippen LogP contribution in [0, 0.1) is 13.8 Å². The first kappa shape index (κ1) is 25.3. The number of carbonyl (C=O) groups excluding carboxylic acids is 1. The van der Waals surface area contributed by atoms with Crippen LogP contribution in [0.4, 0.5) is 0 Å². The van der Waals surface area contributed by atoms with Crippen molar-refractivity contribution in [2.75, 3.05) is 6.16 Å². The molecule has 1 aromatic carbocycles. The second kappa shape index (κ2) is 12.7. The van der Waals surface area contributed by atoms with Crippen LogP contribution in [0.25, 0.3) is 11.1 Å². The van der Waals surface area contributed by atoms with Gasteiger partial charge in [0, 0.05) is 34.7 Å². The number of halogens is 1. The molecule has 0 aliphatic carbocycles. The third-order valence-corrected chi connectivity index (χ3v) is 5.56. The molecule has 0 aliphatic rings. The minimum absolute atomic E-state index is 0.0957. The predicted octanol–water partition coefficient (Wildman–Crippen LogP) is 5.50. The molecule has 0 saturated heterocycles. The van der Waals surface area contributed by atoms with Gasteiger partial charge in [-0.25, -0.2) is 10.5 Å². The summed E-state index contributed by atoms with van der Waals surface area (Å²) in [7, 11) is 0.0957. The van der Waals surface area contributed by atoms with Crippen LogP contribution in [0.15, 0.2) is 18.2 Å². The molecule has 9 heteroatoms. The van der Waals surface area contributed by atoms with E-state index in [2.05, 4.69) is 16.5 Å². The summed E-state index contributed by atoms with van der Waals surface area (Å²) < 4.78 is 13.1. The zero-order chi connectivity index (χ0) is 22.0. The SMILES string of the molecule is CCCCCc1c(-c2ccc(C)c(Cl)c2)c(C(N)=O)c(C)n1CCP=O.OOO. The van der Waals surface area contributed by atoms with Gasteiger partial charge in [-0.2, -0.15) is 0 Å². The highest BCUT2D eigenvalue weighted by Gasteiger charge is 2.24. The number of carbonyl (C=O) groups is 1. The van der Waals surface area contributed by atoms with Gasteiger partial charge in [0.25, 0.3) is 5.91 Å². The molecule has 0 saturated carbocycles. The highest BCUT2D eigenvalue weighted by molar-refractivity contribution is 7.23. The summed E-state index contributed by atoms with van der Waals surface area (Å²) in [6, 6.07) is 5.85. The minimum atomic E-state index is -0.440. The fourth-order valence-corrected chi connectivity index (χ4v) is 3.87. The molecule has 7 nitrogen and oxygen atoms in total. The first-order chi connectivity index (χ1) is 13.8. The zero-order valence-corrected chi connectivity index (χ0v) is 18.6. The van der Waals surface area contributed by atoms with Gasteiger partial charge in [0.1, 0.15) is 0 Å². The summed E-state index contributed by atoms with van der Waals surface area (Å²) in [6.07, 6.45) is 4.61. The van der Waals surface area contributed by atoms with E-state index in [4.69, 9.17) is 27.8 Å². The van der Waals surface area contributed by atoms with E-state index in [1.54, 1.807) is 0 Å². The second-order valence-electron chi connectivity index (χ2n) is 6.65. The average Bonchev–Trinajstić information content (AvgIpc) is 2.95. The summed E-state index contributed by atoms with van der Waals surface area (Å²) in [5.41, 5.74) is 11.0. The largest absolute Gasteiger partial charge is 0.366 e. The van der Waals surface area contributed by atoms with Crippen molar-refractivity contribution in [3.05, 3.63) is 45.7 Å². The minimum Gasteiger partial charge on any atom is -0.366 e. The molecule has 0 fully saturated rings. The Kier molecular flexibility index (Phi) is 11.1. The fourth-order valence-electron chi connectivity index (χ4n) is 3.40. The van der Waals surface area contributed by atoms with E-state index in [0.717, 1.165) is 53.8 Å². The predicted molar refractivity (Wildman–Crippen MR) is 115 cm³/mol. The molecule has 1 amide bonds. The molecular formula is C20H28ClN2O5P. The van der Waals surface area contributed by atoms with Crippen LogP contribution in [0.3, 0.4) is 0 Å². The Morgan fingerprint density at radius 2 is 1.93 bits per heavy atom. The van der Waals surface area contributed by atoms with Crippen LogP contribution < -0.4 is 5.73 Å². The van der Waals surface area contributed by atoms with Crippen LogP contribution in [0.2, 0.25) is 5.02 Å². The normalized spacial score (nSPS) is 10.7. The van der Waals surface area contributed by atoms with Crippen molar-refractivity contribution in [2.24, 2.45) is 5.73 Å². The molecule has 4 N–H and O–H groups in total. The van der Waals surface area contributed by atoms with Crippen molar-refractivity contribution in [3.63, 3.8) is 0 Å². The van der Waals surface area contributed by atoms with Gasteiger partial charge < -0.3 is 10.3 Å². The van der Waals surface area contributed by atoms with Crippen LogP contribution in [-0.2, 0) is 22.6 Å². The van der Waals surface area contributed by atoms with Crippen LogP contribution in [0.1, 0.15) is 53.5 Å². The Balaban J connectivity index is 0.00000132. The molecule has 0 spiro atoms. The van der Waals surface area contributed by atoms with Crippen molar-refractivity contribution in [3.8, 4) is 11.1 Å². The number of nitrogens with zero attached hydrogens (tertiary/aromatic N) is 1. The van der Waals surface area contributed by atoms with Gasteiger partial charge >= 0.3 is 0 Å². The highest BCUT2D eigenvalue weighted by atomic mass is 35.5. The van der Waals surface area contributed by atoms with Crippen molar-refractivity contribution in [1.82, 2.24) is 4.57 Å². The molecule has 1 aromatic heterocycles. The second-order valence-corrected chi connectivity index (χ2v) is 7.77. The monoisotopic (exact) mass is 442 g/mol. The number of aromatic nitrogens is 1. The Bertz CT molecular complexity index is 839. The molecule has 0 aliphatic heterocycles. The third-order valence-electron chi connectivity index (χ3n) is 4.77. The number of amides is 1. The van der Waals surface area contributed by atoms with Gasteiger partial charge in [-0.05, 0) is 43.9 Å². The number of hydrogen-bond donors (Lipinski definition) is 3.